The van der Waals surface area contributed by atoms with Crippen LogP contribution in [0.4, 0.5) is 0 Å². The van der Waals surface area contributed by atoms with Gasteiger partial charge in [-0.2, -0.15) is 0 Å². The van der Waals surface area contributed by atoms with Crippen molar-refractivity contribution < 1.29 is 0 Å². The second-order valence-corrected chi connectivity index (χ2v) is 7.54. The van der Waals surface area contributed by atoms with Crippen molar-refractivity contribution in [2.24, 2.45) is 11.1 Å². The van der Waals surface area contributed by atoms with E-state index in [9.17, 15) is 0 Å². The molecular weight excluding hydrogens is 244 g/mol. The van der Waals surface area contributed by atoms with E-state index in [1.807, 2.05) is 0 Å². The van der Waals surface area contributed by atoms with E-state index in [1.54, 1.807) is 0 Å². The highest BCUT2D eigenvalue weighted by atomic mass is 15.2. The molecule has 1 fully saturated rings. The fourth-order valence-corrected chi connectivity index (χ4v) is 3.57. The van der Waals surface area contributed by atoms with Gasteiger partial charge in [-0.1, -0.05) is 65.7 Å². The van der Waals surface area contributed by atoms with Gasteiger partial charge in [0.15, 0.2) is 0 Å². The summed E-state index contributed by atoms with van der Waals surface area (Å²) in [5.41, 5.74) is 6.52. The molecule has 1 aliphatic rings. The van der Waals surface area contributed by atoms with Crippen LogP contribution in [0.25, 0.3) is 0 Å². The molecule has 20 heavy (non-hydrogen) atoms. The fraction of sp³-hybridized carbons (Fsp3) is 1.00. The predicted octanol–water partition coefficient (Wildman–Crippen LogP) is 4.58. The number of piperidine rings is 1. The zero-order valence-corrected chi connectivity index (χ0v) is 14.3. The summed E-state index contributed by atoms with van der Waals surface area (Å²) in [7, 11) is 0. The van der Waals surface area contributed by atoms with Gasteiger partial charge in [0, 0.05) is 19.1 Å². The Hall–Kier alpha value is -0.0800. The number of nitrogens with two attached hydrogens (primary N) is 1. The molecule has 0 spiro atoms. The van der Waals surface area contributed by atoms with Gasteiger partial charge in [0.1, 0.15) is 0 Å². The largest absolute Gasteiger partial charge is 0.329 e. The number of hydrogen-bond donors (Lipinski definition) is 1. The Balaban J connectivity index is 2.16. The number of likely N-dealkylation sites (tertiary alicyclic amines) is 1. The van der Waals surface area contributed by atoms with Crippen molar-refractivity contribution in [2.45, 2.75) is 91.0 Å². The standard InChI is InChI=1S/C18H38N2/c1-4-5-6-7-8-9-10-12-17(15-19)20-14-11-13-18(2,3)16-20/h17H,4-16,19H2,1-3H3. The lowest BCUT2D eigenvalue weighted by Gasteiger charge is -2.42. The summed E-state index contributed by atoms with van der Waals surface area (Å²) in [6.07, 6.45) is 13.8. The Bertz CT molecular complexity index is 238. The molecule has 0 radical (unpaired) electrons. The lowest BCUT2D eigenvalue weighted by molar-refractivity contribution is 0.0761. The van der Waals surface area contributed by atoms with Gasteiger partial charge in [-0.3, -0.25) is 4.90 Å². The molecule has 0 bridgehead atoms. The lowest BCUT2D eigenvalue weighted by Crippen LogP contribution is -2.48. The highest BCUT2D eigenvalue weighted by Crippen LogP contribution is 2.30. The van der Waals surface area contributed by atoms with Crippen LogP contribution in [0.3, 0.4) is 0 Å². The van der Waals surface area contributed by atoms with Crippen LogP contribution in [0.2, 0.25) is 0 Å². The molecule has 1 aliphatic heterocycles. The average Bonchev–Trinajstić information content (AvgIpc) is 2.41. The topological polar surface area (TPSA) is 29.3 Å². The minimum Gasteiger partial charge on any atom is -0.329 e. The van der Waals surface area contributed by atoms with Gasteiger partial charge in [-0.05, 0) is 31.2 Å². The molecule has 0 saturated carbocycles. The first-order chi connectivity index (χ1) is 9.59. The SMILES string of the molecule is CCCCCCCCCC(CN)N1CCCC(C)(C)C1. The number of unbranched alkanes of at least 4 members (excludes halogenated alkanes) is 6. The second kappa shape index (κ2) is 9.78. The molecule has 120 valence electrons. The van der Waals surface area contributed by atoms with Gasteiger partial charge in [0.05, 0.1) is 0 Å². The molecule has 1 saturated heterocycles. The average molecular weight is 283 g/mol. The molecule has 2 N–H and O–H groups in total. The van der Waals surface area contributed by atoms with E-state index in [2.05, 4.69) is 25.7 Å². The quantitative estimate of drug-likeness (QED) is 0.594. The maximum Gasteiger partial charge on any atom is 0.0218 e. The summed E-state index contributed by atoms with van der Waals surface area (Å²) >= 11 is 0. The van der Waals surface area contributed by atoms with Gasteiger partial charge >= 0.3 is 0 Å². The van der Waals surface area contributed by atoms with E-state index in [-0.39, 0.29) is 0 Å². The van der Waals surface area contributed by atoms with Gasteiger partial charge in [-0.25, -0.2) is 0 Å². The summed E-state index contributed by atoms with van der Waals surface area (Å²) in [4.78, 5) is 2.67. The molecule has 1 unspecified atom stereocenters. The van der Waals surface area contributed by atoms with Crippen LogP contribution in [0.1, 0.15) is 85.0 Å². The molecule has 0 aromatic rings. The van der Waals surface area contributed by atoms with Crippen LogP contribution in [-0.4, -0.2) is 30.6 Å². The van der Waals surface area contributed by atoms with Crippen LogP contribution >= 0.6 is 0 Å². The Labute approximate surface area is 127 Å². The monoisotopic (exact) mass is 282 g/mol. The normalized spacial score (nSPS) is 21.0. The van der Waals surface area contributed by atoms with E-state index in [0.29, 0.717) is 11.5 Å². The molecule has 1 heterocycles. The number of hydrogen-bond acceptors (Lipinski definition) is 2. The summed E-state index contributed by atoms with van der Waals surface area (Å²) in [5, 5.41) is 0. The summed E-state index contributed by atoms with van der Waals surface area (Å²) in [5.74, 6) is 0. The third kappa shape index (κ3) is 7.08. The maximum atomic E-state index is 6.03. The van der Waals surface area contributed by atoms with E-state index >= 15 is 0 Å². The van der Waals surface area contributed by atoms with Crippen LogP contribution < -0.4 is 5.73 Å². The Kier molecular flexibility index (Phi) is 8.79. The van der Waals surface area contributed by atoms with Crippen molar-refractivity contribution >= 4 is 0 Å². The lowest BCUT2D eigenvalue weighted by atomic mass is 9.83. The molecule has 0 amide bonds. The highest BCUT2D eigenvalue weighted by Gasteiger charge is 2.29. The van der Waals surface area contributed by atoms with E-state index < -0.39 is 0 Å². The minimum absolute atomic E-state index is 0.492. The minimum atomic E-state index is 0.492. The van der Waals surface area contributed by atoms with Crippen molar-refractivity contribution in [3.63, 3.8) is 0 Å². The molecule has 0 aromatic carbocycles. The predicted molar refractivity (Wildman–Crippen MR) is 90.0 cm³/mol. The molecule has 1 atom stereocenters. The number of nitrogens with zero attached hydrogens (tertiary/aromatic N) is 1. The van der Waals surface area contributed by atoms with E-state index in [4.69, 9.17) is 5.73 Å². The molecule has 2 heteroatoms. The van der Waals surface area contributed by atoms with E-state index in [0.717, 1.165) is 6.54 Å². The van der Waals surface area contributed by atoms with Gasteiger partial charge < -0.3 is 5.73 Å². The van der Waals surface area contributed by atoms with Crippen LogP contribution in [-0.2, 0) is 0 Å². The highest BCUT2D eigenvalue weighted by molar-refractivity contribution is 4.84. The first kappa shape index (κ1) is 18.0. The van der Waals surface area contributed by atoms with Crippen LogP contribution in [0.15, 0.2) is 0 Å². The molecule has 2 nitrogen and oxygen atoms in total. The van der Waals surface area contributed by atoms with Crippen molar-refractivity contribution in [1.82, 2.24) is 4.90 Å². The van der Waals surface area contributed by atoms with Gasteiger partial charge in [-0.15, -0.1) is 0 Å². The molecule has 0 aromatic heterocycles. The molecular formula is C18H38N2. The second-order valence-electron chi connectivity index (χ2n) is 7.54. The smallest absolute Gasteiger partial charge is 0.0218 e. The van der Waals surface area contributed by atoms with Crippen molar-refractivity contribution in [2.75, 3.05) is 19.6 Å². The Morgan fingerprint density at radius 2 is 1.70 bits per heavy atom. The zero-order valence-electron chi connectivity index (χ0n) is 14.3. The van der Waals surface area contributed by atoms with E-state index in [1.165, 1.54) is 77.3 Å². The number of rotatable bonds is 10. The van der Waals surface area contributed by atoms with Crippen LogP contribution in [0, 0.1) is 5.41 Å². The Morgan fingerprint density at radius 3 is 2.30 bits per heavy atom. The van der Waals surface area contributed by atoms with Gasteiger partial charge in [0.25, 0.3) is 0 Å². The first-order valence-electron chi connectivity index (χ1n) is 9.03. The molecule has 0 aliphatic carbocycles. The first-order valence-corrected chi connectivity index (χ1v) is 9.03. The summed E-state index contributed by atoms with van der Waals surface area (Å²) in [6, 6.07) is 0.630. The van der Waals surface area contributed by atoms with Crippen LogP contribution in [0.5, 0.6) is 0 Å². The van der Waals surface area contributed by atoms with Crippen molar-refractivity contribution in [1.29, 1.82) is 0 Å². The van der Waals surface area contributed by atoms with Crippen molar-refractivity contribution in [3.05, 3.63) is 0 Å². The Morgan fingerprint density at radius 1 is 1.05 bits per heavy atom. The van der Waals surface area contributed by atoms with Crippen molar-refractivity contribution in [3.8, 4) is 0 Å². The third-order valence-electron chi connectivity index (χ3n) is 4.86. The summed E-state index contributed by atoms with van der Waals surface area (Å²) < 4.78 is 0. The third-order valence-corrected chi connectivity index (χ3v) is 4.86. The summed E-state index contributed by atoms with van der Waals surface area (Å²) in [6.45, 7) is 10.4. The molecule has 1 rings (SSSR count). The maximum absolute atomic E-state index is 6.03. The van der Waals surface area contributed by atoms with Gasteiger partial charge in [0.2, 0.25) is 0 Å². The fourth-order valence-electron chi connectivity index (χ4n) is 3.57. The zero-order chi connectivity index (χ0) is 14.8.